The third-order valence-electron chi connectivity index (χ3n) is 2.48. The van der Waals surface area contributed by atoms with Crippen molar-refractivity contribution in [2.45, 2.75) is 12.0 Å². The van der Waals surface area contributed by atoms with Crippen molar-refractivity contribution < 1.29 is 17.3 Å². The summed E-state index contributed by atoms with van der Waals surface area (Å²) in [6.07, 6.45) is 0.462. The topological polar surface area (TPSA) is 48.0 Å². The Bertz CT molecular complexity index is 214. The van der Waals surface area contributed by atoms with E-state index in [-0.39, 0.29) is 11.7 Å². The molecule has 0 aromatic carbocycles. The van der Waals surface area contributed by atoms with Gasteiger partial charge < -0.3 is 17.4 Å². The molecule has 5 nitrogen and oxygen atoms in total. The first-order chi connectivity index (χ1) is 6.67. The number of likely N-dealkylation sites (tertiary alicyclic amines) is 1. The molecule has 1 rings (SSSR count). The Morgan fingerprint density at radius 2 is 2.29 bits per heavy atom. The van der Waals surface area contributed by atoms with Gasteiger partial charge in [-0.25, -0.2) is 4.79 Å². The molecule has 1 unspecified atom stereocenters. The molecule has 0 radical (unpaired) electrons. The summed E-state index contributed by atoms with van der Waals surface area (Å²) in [7, 11) is 3.26. The van der Waals surface area contributed by atoms with Crippen LogP contribution in [0, 0.1) is 0 Å². The third kappa shape index (κ3) is 2.48. The first-order valence-electron chi connectivity index (χ1n) is 4.29. The van der Waals surface area contributed by atoms with E-state index in [4.69, 9.17) is 9.47 Å². The average Bonchev–Trinajstić information content (AvgIpc) is 2.62. The fourth-order valence-electron chi connectivity index (χ4n) is 1.66. The van der Waals surface area contributed by atoms with Crippen molar-refractivity contribution in [3.8, 4) is 0 Å². The fourth-order valence-corrected chi connectivity index (χ4v) is 1.93. The molecule has 1 aliphatic rings. The first kappa shape index (κ1) is 12.0. The van der Waals surface area contributed by atoms with Crippen molar-refractivity contribution in [3.05, 3.63) is 0 Å². The van der Waals surface area contributed by atoms with Crippen molar-refractivity contribution in [3.63, 3.8) is 0 Å². The Balaban J connectivity index is 2.56. The van der Waals surface area contributed by atoms with E-state index in [1.807, 2.05) is 0 Å². The highest BCUT2D eigenvalue weighted by molar-refractivity contribution is 14.1. The molecule has 1 atom stereocenters. The van der Waals surface area contributed by atoms with E-state index in [1.165, 1.54) is 0 Å². The quantitative estimate of drug-likeness (QED) is 0.735. The Morgan fingerprint density at radius 3 is 2.79 bits per heavy atom. The van der Waals surface area contributed by atoms with Crippen molar-refractivity contribution >= 4 is 29.1 Å². The number of methoxy groups -OCH3 is 2. The number of halogens is 1. The van der Waals surface area contributed by atoms with E-state index in [0.717, 1.165) is 6.42 Å². The van der Waals surface area contributed by atoms with Gasteiger partial charge >= 0.3 is 6.09 Å². The summed E-state index contributed by atoms with van der Waals surface area (Å²) in [6, 6.07) is 0. The lowest BCUT2D eigenvalue weighted by Crippen LogP contribution is -2.41. The summed E-state index contributed by atoms with van der Waals surface area (Å²) in [4.78, 5) is 12.8. The van der Waals surface area contributed by atoms with E-state index < -0.39 is 0 Å². The van der Waals surface area contributed by atoms with Gasteiger partial charge in [-0.15, -0.1) is 0 Å². The zero-order chi connectivity index (χ0) is 10.6. The predicted molar refractivity (Wildman–Crippen MR) is 58.3 cm³/mol. The minimum Gasteiger partial charge on any atom is -0.382 e. The number of rotatable bonds is 3. The van der Waals surface area contributed by atoms with Crippen molar-refractivity contribution in [1.29, 1.82) is 0 Å². The highest BCUT2D eigenvalue weighted by atomic mass is 127. The maximum absolute atomic E-state index is 11.2. The summed E-state index contributed by atoms with van der Waals surface area (Å²) in [6.45, 7) is 1.67. The van der Waals surface area contributed by atoms with Gasteiger partial charge in [0.15, 0.2) is 23.0 Å². The highest BCUT2D eigenvalue weighted by Gasteiger charge is 2.40. The van der Waals surface area contributed by atoms with E-state index >= 15 is 0 Å². The second kappa shape index (κ2) is 5.13. The van der Waals surface area contributed by atoms with Gasteiger partial charge in [0.2, 0.25) is 0 Å². The molecular weight excluding hydrogens is 301 g/mol. The minimum atomic E-state index is -0.362. The third-order valence-corrected chi connectivity index (χ3v) is 2.86. The lowest BCUT2D eigenvalue weighted by Gasteiger charge is -2.26. The molecule has 0 spiro atoms. The summed E-state index contributed by atoms with van der Waals surface area (Å²) in [5.41, 5.74) is -0.362. The Morgan fingerprint density at radius 1 is 1.57 bits per heavy atom. The van der Waals surface area contributed by atoms with Crippen molar-refractivity contribution in [2.75, 3.05) is 33.9 Å². The van der Waals surface area contributed by atoms with Crippen LogP contribution in [0.2, 0.25) is 0 Å². The van der Waals surface area contributed by atoms with Gasteiger partial charge in [0.25, 0.3) is 0 Å². The maximum atomic E-state index is 11.2. The second-order valence-electron chi connectivity index (χ2n) is 3.33. The van der Waals surface area contributed by atoms with Crippen molar-refractivity contribution in [2.24, 2.45) is 0 Å². The van der Waals surface area contributed by atoms with Crippen LogP contribution in [-0.4, -0.2) is 50.5 Å². The number of carbonyl (C=O) groups excluding carboxylic acids is 1. The zero-order valence-corrected chi connectivity index (χ0v) is 10.4. The molecule has 0 saturated carbocycles. The Hall–Kier alpha value is -0.0800. The summed E-state index contributed by atoms with van der Waals surface area (Å²) < 4.78 is 15.1. The maximum Gasteiger partial charge on any atom is 0.419 e. The number of carbonyl (C=O) groups is 1. The molecule has 0 aromatic heterocycles. The monoisotopic (exact) mass is 315 g/mol. The van der Waals surface area contributed by atoms with Crippen LogP contribution >= 0.6 is 23.0 Å². The number of amides is 1. The SMILES string of the molecule is COCC1(OC)CCN(C(=O)OI)C1. The van der Waals surface area contributed by atoms with E-state index in [9.17, 15) is 4.79 Å². The molecule has 14 heavy (non-hydrogen) atoms. The minimum absolute atomic E-state index is 0.319. The van der Waals surface area contributed by atoms with Gasteiger partial charge in [0.1, 0.15) is 5.60 Å². The van der Waals surface area contributed by atoms with Gasteiger partial charge in [-0.3, -0.25) is 0 Å². The van der Waals surface area contributed by atoms with Gasteiger partial charge in [0, 0.05) is 20.8 Å². The molecule has 0 aromatic rings. The first-order valence-corrected chi connectivity index (χ1v) is 5.17. The van der Waals surface area contributed by atoms with Gasteiger partial charge in [-0.2, -0.15) is 0 Å². The van der Waals surface area contributed by atoms with Gasteiger partial charge in [0.05, 0.1) is 13.2 Å². The molecule has 0 bridgehead atoms. The molecule has 1 aliphatic heterocycles. The van der Waals surface area contributed by atoms with Crippen LogP contribution in [-0.2, 0) is 12.5 Å². The van der Waals surface area contributed by atoms with Crippen LogP contribution in [0.3, 0.4) is 0 Å². The van der Waals surface area contributed by atoms with E-state index in [2.05, 4.69) is 3.07 Å². The molecule has 82 valence electrons. The summed E-state index contributed by atoms with van der Waals surface area (Å²) in [5, 5.41) is 0. The van der Waals surface area contributed by atoms with Gasteiger partial charge in [-0.05, 0) is 6.42 Å². The molecule has 1 fully saturated rings. The molecule has 1 amide bonds. The average molecular weight is 315 g/mol. The van der Waals surface area contributed by atoms with Crippen LogP contribution in [0.1, 0.15) is 6.42 Å². The fraction of sp³-hybridized carbons (Fsp3) is 0.875. The number of hydrogen-bond acceptors (Lipinski definition) is 4. The van der Waals surface area contributed by atoms with E-state index in [1.54, 1.807) is 42.1 Å². The standard InChI is InChI=1S/C8H14INO4/c1-12-6-8(13-2)3-4-10(5-8)7(11)14-9/h3-6H2,1-2H3. The largest absolute Gasteiger partial charge is 0.419 e. The molecule has 1 saturated heterocycles. The second-order valence-corrected chi connectivity index (χ2v) is 3.78. The zero-order valence-electron chi connectivity index (χ0n) is 8.29. The van der Waals surface area contributed by atoms with Crippen LogP contribution in [0.4, 0.5) is 4.79 Å². The Kier molecular flexibility index (Phi) is 4.39. The molecule has 0 aliphatic carbocycles. The highest BCUT2D eigenvalue weighted by Crippen LogP contribution is 2.25. The predicted octanol–water partition coefficient (Wildman–Crippen LogP) is 1.21. The van der Waals surface area contributed by atoms with E-state index in [0.29, 0.717) is 19.7 Å². The van der Waals surface area contributed by atoms with Crippen LogP contribution in [0.5, 0.6) is 0 Å². The summed E-state index contributed by atoms with van der Waals surface area (Å²) in [5.74, 6) is 0. The smallest absolute Gasteiger partial charge is 0.382 e. The number of ether oxygens (including phenoxy) is 2. The normalized spacial score (nSPS) is 26.6. The number of nitrogens with zero attached hydrogens (tertiary/aromatic N) is 1. The Labute approximate surface area is 97.4 Å². The molecule has 6 heteroatoms. The van der Waals surface area contributed by atoms with Crippen LogP contribution in [0.15, 0.2) is 0 Å². The van der Waals surface area contributed by atoms with Crippen LogP contribution in [0.25, 0.3) is 0 Å². The van der Waals surface area contributed by atoms with Gasteiger partial charge in [-0.1, -0.05) is 0 Å². The van der Waals surface area contributed by atoms with Crippen molar-refractivity contribution in [1.82, 2.24) is 4.90 Å². The molecule has 1 heterocycles. The number of hydrogen-bond donors (Lipinski definition) is 0. The lowest BCUT2D eigenvalue weighted by molar-refractivity contribution is -0.0541. The molecule has 0 N–H and O–H groups in total. The lowest BCUT2D eigenvalue weighted by atomic mass is 10.1. The van der Waals surface area contributed by atoms with Crippen LogP contribution < -0.4 is 0 Å². The summed E-state index contributed by atoms with van der Waals surface area (Å²) >= 11 is 1.59. The molecular formula is C8H14INO4.